The molecule has 3 rings (SSSR count). The Hall–Kier alpha value is -2.41. The molecule has 2 aromatic carbocycles. The van der Waals surface area contributed by atoms with E-state index in [4.69, 9.17) is 0 Å². The largest absolute Gasteiger partial charge is 0.392 e. The van der Waals surface area contributed by atoms with Gasteiger partial charge in [0.1, 0.15) is 0 Å². The van der Waals surface area contributed by atoms with Crippen molar-refractivity contribution in [2.45, 2.75) is 32.1 Å². The molecule has 6 heteroatoms. The van der Waals surface area contributed by atoms with Crippen molar-refractivity contribution in [1.29, 1.82) is 0 Å². The maximum Gasteiger partial charge on any atom is 0.315 e. The first-order valence-corrected chi connectivity index (χ1v) is 10.3. The fraction of sp³-hybridized carbons (Fsp3) is 0.435. The van der Waals surface area contributed by atoms with Gasteiger partial charge in [0.2, 0.25) is 0 Å². The van der Waals surface area contributed by atoms with E-state index in [-0.39, 0.29) is 12.6 Å². The summed E-state index contributed by atoms with van der Waals surface area (Å²) in [5, 5.41) is 25.4. The number of aliphatic hydroxyl groups excluding tert-OH is 2. The first-order chi connectivity index (χ1) is 14.1. The van der Waals surface area contributed by atoms with E-state index in [0.717, 1.165) is 42.6 Å². The van der Waals surface area contributed by atoms with E-state index >= 15 is 0 Å². The number of aliphatic hydroxyl groups is 2. The average Bonchev–Trinajstić information content (AvgIpc) is 2.78. The zero-order chi connectivity index (χ0) is 20.5. The summed E-state index contributed by atoms with van der Waals surface area (Å²) in [6.07, 6.45) is 1.57. The van der Waals surface area contributed by atoms with E-state index in [1.54, 1.807) is 0 Å². The Morgan fingerprint density at radius 3 is 2.48 bits per heavy atom. The Morgan fingerprint density at radius 2 is 1.76 bits per heavy atom. The number of urea groups is 1. The van der Waals surface area contributed by atoms with Crippen molar-refractivity contribution >= 4 is 6.03 Å². The van der Waals surface area contributed by atoms with E-state index in [1.165, 1.54) is 0 Å². The summed E-state index contributed by atoms with van der Waals surface area (Å²) in [6.45, 7) is 3.63. The lowest BCUT2D eigenvalue weighted by molar-refractivity contribution is 0.0894. The van der Waals surface area contributed by atoms with E-state index in [1.807, 2.05) is 54.6 Å². The van der Waals surface area contributed by atoms with Crippen LogP contribution in [0.5, 0.6) is 0 Å². The molecule has 1 fully saturated rings. The molecule has 0 radical (unpaired) electrons. The molecule has 156 valence electrons. The summed E-state index contributed by atoms with van der Waals surface area (Å²) in [5.74, 6) is 0.462. The van der Waals surface area contributed by atoms with Crippen molar-refractivity contribution in [3.63, 3.8) is 0 Å². The minimum absolute atomic E-state index is 0.00110. The summed E-state index contributed by atoms with van der Waals surface area (Å²) >= 11 is 0. The van der Waals surface area contributed by atoms with Crippen LogP contribution in [0.4, 0.5) is 4.79 Å². The van der Waals surface area contributed by atoms with Gasteiger partial charge in [0.05, 0.1) is 12.7 Å². The molecule has 0 aliphatic carbocycles. The van der Waals surface area contributed by atoms with E-state index in [2.05, 4.69) is 15.5 Å². The van der Waals surface area contributed by atoms with Gasteiger partial charge in [-0.15, -0.1) is 0 Å². The highest BCUT2D eigenvalue weighted by Gasteiger charge is 2.21. The van der Waals surface area contributed by atoms with Crippen LogP contribution in [0.2, 0.25) is 0 Å². The van der Waals surface area contributed by atoms with Crippen LogP contribution in [0, 0.1) is 5.92 Å². The number of β-amino-alcohol motifs (C(OH)–C–C–N with tert-alkyl or cyclic N) is 1. The van der Waals surface area contributed by atoms with Gasteiger partial charge in [0, 0.05) is 19.6 Å². The molecule has 6 nitrogen and oxygen atoms in total. The van der Waals surface area contributed by atoms with Gasteiger partial charge in [0.15, 0.2) is 0 Å². The molecule has 0 bridgehead atoms. The lowest BCUT2D eigenvalue weighted by Gasteiger charge is -2.33. The van der Waals surface area contributed by atoms with E-state index in [0.29, 0.717) is 25.6 Å². The second-order valence-electron chi connectivity index (χ2n) is 7.71. The number of nitrogens with one attached hydrogen (secondary N) is 2. The molecule has 1 atom stereocenters. The van der Waals surface area contributed by atoms with Crippen molar-refractivity contribution in [3.8, 4) is 0 Å². The lowest BCUT2D eigenvalue weighted by Crippen LogP contribution is -2.42. The maximum absolute atomic E-state index is 12.1. The molecular weight excluding hydrogens is 366 g/mol. The predicted octanol–water partition coefficient (Wildman–Crippen LogP) is 2.42. The number of benzene rings is 2. The summed E-state index contributed by atoms with van der Waals surface area (Å²) in [5.41, 5.74) is 2.77. The van der Waals surface area contributed by atoms with Crippen LogP contribution < -0.4 is 10.6 Å². The molecule has 1 heterocycles. The SMILES string of the molecule is O=C(NCc1cccc(CO)c1)NCC1CCN(CC(O)c2ccccc2)CC1. The van der Waals surface area contributed by atoms with Crippen LogP contribution in [-0.4, -0.2) is 47.3 Å². The van der Waals surface area contributed by atoms with Crippen LogP contribution in [0.3, 0.4) is 0 Å². The van der Waals surface area contributed by atoms with Crippen LogP contribution >= 0.6 is 0 Å². The first kappa shape index (κ1) is 21.3. The zero-order valence-corrected chi connectivity index (χ0v) is 16.8. The Balaban J connectivity index is 1.32. The highest BCUT2D eigenvalue weighted by molar-refractivity contribution is 5.73. The number of hydrogen-bond acceptors (Lipinski definition) is 4. The maximum atomic E-state index is 12.1. The standard InChI is InChI=1S/C23H31N3O3/c27-17-20-6-4-5-19(13-20)15-25-23(29)24-14-18-9-11-26(12-10-18)16-22(28)21-7-2-1-3-8-21/h1-8,13,18,22,27-28H,9-12,14-17H2,(H2,24,25,29). The molecule has 4 N–H and O–H groups in total. The number of likely N-dealkylation sites (tertiary alicyclic amines) is 1. The second kappa shape index (κ2) is 11.0. The fourth-order valence-electron chi connectivity index (χ4n) is 3.72. The molecule has 2 amide bonds. The van der Waals surface area contributed by atoms with Gasteiger partial charge in [-0.1, -0.05) is 54.6 Å². The summed E-state index contributed by atoms with van der Waals surface area (Å²) in [7, 11) is 0. The smallest absolute Gasteiger partial charge is 0.315 e. The Bertz CT molecular complexity index is 761. The molecule has 1 aliphatic rings. The third-order valence-corrected chi connectivity index (χ3v) is 5.50. The van der Waals surface area contributed by atoms with E-state index in [9.17, 15) is 15.0 Å². The van der Waals surface area contributed by atoms with Crippen LogP contribution in [0.1, 0.15) is 35.6 Å². The van der Waals surface area contributed by atoms with Crippen molar-refractivity contribution in [1.82, 2.24) is 15.5 Å². The second-order valence-corrected chi connectivity index (χ2v) is 7.71. The fourth-order valence-corrected chi connectivity index (χ4v) is 3.72. The molecule has 0 saturated carbocycles. The van der Waals surface area contributed by atoms with Crippen molar-refractivity contribution < 1.29 is 15.0 Å². The Morgan fingerprint density at radius 1 is 1.03 bits per heavy atom. The number of carbonyl (C=O) groups is 1. The Kier molecular flexibility index (Phi) is 8.04. The number of carbonyl (C=O) groups excluding carboxylic acids is 1. The highest BCUT2D eigenvalue weighted by atomic mass is 16.3. The van der Waals surface area contributed by atoms with Gasteiger partial charge in [-0.3, -0.25) is 0 Å². The van der Waals surface area contributed by atoms with Gasteiger partial charge in [0.25, 0.3) is 0 Å². The lowest BCUT2D eigenvalue weighted by atomic mass is 9.96. The monoisotopic (exact) mass is 397 g/mol. The minimum Gasteiger partial charge on any atom is -0.392 e. The first-order valence-electron chi connectivity index (χ1n) is 10.3. The van der Waals surface area contributed by atoms with Crippen LogP contribution in [-0.2, 0) is 13.2 Å². The summed E-state index contributed by atoms with van der Waals surface area (Å²) in [6, 6.07) is 17.2. The molecule has 0 spiro atoms. The van der Waals surface area contributed by atoms with Gasteiger partial charge in [-0.25, -0.2) is 4.79 Å². The molecule has 2 aromatic rings. The number of hydrogen-bond donors (Lipinski definition) is 4. The van der Waals surface area contributed by atoms with Gasteiger partial charge >= 0.3 is 6.03 Å². The normalized spacial score (nSPS) is 16.3. The summed E-state index contributed by atoms with van der Waals surface area (Å²) < 4.78 is 0. The number of rotatable bonds is 8. The molecular formula is C23H31N3O3. The third-order valence-electron chi connectivity index (χ3n) is 5.50. The van der Waals surface area contributed by atoms with Gasteiger partial charge in [-0.05, 0) is 48.5 Å². The van der Waals surface area contributed by atoms with Crippen molar-refractivity contribution in [2.75, 3.05) is 26.2 Å². The molecule has 0 aromatic heterocycles. The predicted molar refractivity (Wildman–Crippen MR) is 113 cm³/mol. The number of nitrogens with zero attached hydrogens (tertiary/aromatic N) is 1. The van der Waals surface area contributed by atoms with Crippen LogP contribution in [0.25, 0.3) is 0 Å². The summed E-state index contributed by atoms with van der Waals surface area (Å²) in [4.78, 5) is 14.4. The van der Waals surface area contributed by atoms with Gasteiger partial charge < -0.3 is 25.7 Å². The van der Waals surface area contributed by atoms with Crippen molar-refractivity contribution in [3.05, 3.63) is 71.3 Å². The molecule has 1 unspecified atom stereocenters. The molecule has 29 heavy (non-hydrogen) atoms. The van der Waals surface area contributed by atoms with Crippen molar-refractivity contribution in [2.24, 2.45) is 5.92 Å². The zero-order valence-electron chi connectivity index (χ0n) is 16.8. The average molecular weight is 398 g/mol. The number of amides is 2. The minimum atomic E-state index is -0.457. The van der Waals surface area contributed by atoms with Gasteiger partial charge in [-0.2, -0.15) is 0 Å². The van der Waals surface area contributed by atoms with Crippen LogP contribution in [0.15, 0.2) is 54.6 Å². The molecule has 1 saturated heterocycles. The number of piperidine rings is 1. The highest BCUT2D eigenvalue weighted by Crippen LogP contribution is 2.20. The topological polar surface area (TPSA) is 84.8 Å². The quantitative estimate of drug-likeness (QED) is 0.551. The Labute approximate surface area is 172 Å². The van der Waals surface area contributed by atoms with E-state index < -0.39 is 6.10 Å². The third kappa shape index (κ3) is 6.85. The molecule has 1 aliphatic heterocycles.